The van der Waals surface area contributed by atoms with Crippen LogP contribution in [0.4, 0.5) is 8.78 Å². The number of fused-ring (bicyclic) bond motifs is 2. The molecule has 2 saturated carbocycles. The van der Waals surface area contributed by atoms with Gasteiger partial charge in [-0.25, -0.2) is 8.78 Å². The van der Waals surface area contributed by atoms with E-state index in [0.717, 1.165) is 49.0 Å². The number of hydrogen-bond donors (Lipinski definition) is 0. The van der Waals surface area contributed by atoms with Crippen molar-refractivity contribution in [2.75, 3.05) is 0 Å². The van der Waals surface area contributed by atoms with Crippen LogP contribution in [-0.2, 0) is 12.8 Å². The first-order valence-corrected chi connectivity index (χ1v) is 12.1. The Bertz CT molecular complexity index is 680. The highest BCUT2D eigenvalue weighted by Gasteiger charge is 2.37. The third kappa shape index (κ3) is 4.17. The zero-order valence-electron chi connectivity index (χ0n) is 17.9. The number of unbranched alkanes of at least 4 members (excludes halogenated alkanes) is 2. The van der Waals surface area contributed by atoms with Gasteiger partial charge in [0.15, 0.2) is 11.6 Å². The van der Waals surface area contributed by atoms with Gasteiger partial charge in [-0.3, -0.25) is 0 Å². The van der Waals surface area contributed by atoms with Crippen LogP contribution in [-0.4, -0.2) is 0 Å². The molecule has 0 saturated heterocycles. The number of hydrogen-bond acceptors (Lipinski definition) is 0. The summed E-state index contributed by atoms with van der Waals surface area (Å²) < 4.78 is 29.8. The number of aryl methyl sites for hydroxylation is 1. The monoisotopic (exact) mass is 388 g/mol. The maximum absolute atomic E-state index is 15.0. The minimum atomic E-state index is -0.527. The van der Waals surface area contributed by atoms with Gasteiger partial charge in [0.25, 0.3) is 0 Å². The van der Waals surface area contributed by atoms with Crippen LogP contribution in [0.25, 0.3) is 0 Å². The molecule has 156 valence electrons. The third-order valence-electron chi connectivity index (χ3n) is 8.26. The zero-order valence-corrected chi connectivity index (χ0v) is 17.9. The van der Waals surface area contributed by atoms with E-state index < -0.39 is 11.6 Å². The number of rotatable bonds is 5. The van der Waals surface area contributed by atoms with Crippen molar-refractivity contribution in [3.8, 4) is 0 Å². The second-order valence-corrected chi connectivity index (χ2v) is 10.3. The quantitative estimate of drug-likeness (QED) is 0.449. The van der Waals surface area contributed by atoms with Gasteiger partial charge in [0.1, 0.15) is 0 Å². The maximum Gasteiger partial charge on any atom is 0.162 e. The summed E-state index contributed by atoms with van der Waals surface area (Å²) in [5.74, 6) is 2.14. The number of halogens is 2. The average molecular weight is 389 g/mol. The highest BCUT2D eigenvalue weighted by Crippen LogP contribution is 2.49. The van der Waals surface area contributed by atoms with Gasteiger partial charge >= 0.3 is 0 Å². The molecule has 0 N–H and O–H groups in total. The molecule has 0 nitrogen and oxygen atoms in total. The second kappa shape index (κ2) is 8.84. The van der Waals surface area contributed by atoms with E-state index in [1.165, 1.54) is 51.4 Å². The van der Waals surface area contributed by atoms with Crippen molar-refractivity contribution in [1.29, 1.82) is 0 Å². The average Bonchev–Trinajstić information content (AvgIpc) is 2.71. The van der Waals surface area contributed by atoms with Crippen LogP contribution in [0.15, 0.2) is 6.07 Å². The van der Waals surface area contributed by atoms with Crippen LogP contribution in [0.5, 0.6) is 0 Å². The van der Waals surface area contributed by atoms with Crippen LogP contribution in [0.3, 0.4) is 0 Å². The van der Waals surface area contributed by atoms with Crippen LogP contribution >= 0.6 is 0 Å². The predicted octanol–water partition coefficient (Wildman–Crippen LogP) is 7.97. The molecular formula is C26H38F2. The van der Waals surface area contributed by atoms with Gasteiger partial charge in [0.2, 0.25) is 0 Å². The lowest BCUT2D eigenvalue weighted by atomic mass is 9.63. The fraction of sp³-hybridized carbons (Fsp3) is 0.769. The Morgan fingerprint density at radius 3 is 2.54 bits per heavy atom. The van der Waals surface area contributed by atoms with Crippen LogP contribution in [0, 0.1) is 35.3 Å². The van der Waals surface area contributed by atoms with E-state index in [2.05, 4.69) is 19.9 Å². The first kappa shape index (κ1) is 20.4. The summed E-state index contributed by atoms with van der Waals surface area (Å²) in [5, 5.41) is 0. The van der Waals surface area contributed by atoms with Crippen LogP contribution < -0.4 is 0 Å². The third-order valence-corrected chi connectivity index (χ3v) is 8.26. The first-order valence-electron chi connectivity index (χ1n) is 12.1. The molecule has 0 radical (unpaired) electrons. The molecule has 1 aromatic carbocycles. The van der Waals surface area contributed by atoms with Gasteiger partial charge in [-0.15, -0.1) is 0 Å². The van der Waals surface area contributed by atoms with Gasteiger partial charge in [0.05, 0.1) is 0 Å². The van der Waals surface area contributed by atoms with E-state index in [4.69, 9.17) is 0 Å². The Morgan fingerprint density at radius 2 is 1.71 bits per heavy atom. The van der Waals surface area contributed by atoms with Crippen LogP contribution in [0.1, 0.15) is 107 Å². The summed E-state index contributed by atoms with van der Waals surface area (Å²) in [5.41, 5.74) is 2.46. The molecular weight excluding hydrogens is 350 g/mol. The molecule has 0 bridgehead atoms. The van der Waals surface area contributed by atoms with E-state index in [9.17, 15) is 8.78 Å². The van der Waals surface area contributed by atoms with Crippen molar-refractivity contribution in [2.45, 2.75) is 103 Å². The minimum Gasteiger partial charge on any atom is -0.203 e. The fourth-order valence-electron chi connectivity index (χ4n) is 6.55. The van der Waals surface area contributed by atoms with Crippen molar-refractivity contribution < 1.29 is 8.78 Å². The summed E-state index contributed by atoms with van der Waals surface area (Å²) in [4.78, 5) is 0. The SMILES string of the molecule is CCCCCC1CCC2CC(c3cc4c(c(F)c3F)CC(C)CC4)CCC2C1. The van der Waals surface area contributed by atoms with Crippen molar-refractivity contribution in [2.24, 2.45) is 23.7 Å². The van der Waals surface area contributed by atoms with Crippen molar-refractivity contribution in [3.63, 3.8) is 0 Å². The van der Waals surface area contributed by atoms with Crippen molar-refractivity contribution in [3.05, 3.63) is 34.4 Å². The Labute approximate surface area is 170 Å². The summed E-state index contributed by atoms with van der Waals surface area (Å²) >= 11 is 0. The van der Waals surface area contributed by atoms with E-state index in [0.29, 0.717) is 23.5 Å². The molecule has 3 aliphatic rings. The molecule has 28 heavy (non-hydrogen) atoms. The molecule has 0 heterocycles. The van der Waals surface area contributed by atoms with Gasteiger partial charge in [-0.05, 0) is 97.6 Å². The lowest BCUT2D eigenvalue weighted by Gasteiger charge is -2.42. The largest absolute Gasteiger partial charge is 0.203 e. The topological polar surface area (TPSA) is 0 Å². The molecule has 0 spiro atoms. The van der Waals surface area contributed by atoms with Gasteiger partial charge in [0, 0.05) is 0 Å². The van der Waals surface area contributed by atoms with Gasteiger partial charge < -0.3 is 0 Å². The fourth-order valence-corrected chi connectivity index (χ4v) is 6.55. The van der Waals surface area contributed by atoms with Crippen molar-refractivity contribution in [1.82, 2.24) is 0 Å². The molecule has 2 heteroatoms. The van der Waals surface area contributed by atoms with E-state index in [1.54, 1.807) is 0 Å². The van der Waals surface area contributed by atoms with E-state index in [1.807, 2.05) is 0 Å². The highest BCUT2D eigenvalue weighted by molar-refractivity contribution is 5.38. The summed E-state index contributed by atoms with van der Waals surface area (Å²) in [7, 11) is 0. The molecule has 3 aliphatic carbocycles. The maximum atomic E-state index is 15.0. The highest BCUT2D eigenvalue weighted by atomic mass is 19.2. The van der Waals surface area contributed by atoms with Gasteiger partial charge in [-0.2, -0.15) is 0 Å². The zero-order chi connectivity index (χ0) is 19.7. The van der Waals surface area contributed by atoms with Crippen LogP contribution in [0.2, 0.25) is 0 Å². The summed E-state index contributed by atoms with van der Waals surface area (Å²) in [6.45, 7) is 4.43. The number of benzene rings is 1. The Hall–Kier alpha value is -0.920. The molecule has 5 unspecified atom stereocenters. The molecule has 0 amide bonds. The molecule has 1 aromatic rings. The van der Waals surface area contributed by atoms with E-state index >= 15 is 0 Å². The molecule has 5 atom stereocenters. The first-order chi connectivity index (χ1) is 13.6. The molecule has 4 rings (SSSR count). The van der Waals surface area contributed by atoms with Gasteiger partial charge in [-0.1, -0.05) is 52.0 Å². The molecule has 2 fully saturated rings. The standard InChI is InChI=1S/C26H38F2/c1-3-4-5-6-18-8-10-20-15-21(12-11-19(20)14-18)24-16-22-9-7-17(2)13-23(22)25(27)26(24)28/h16-21H,3-15H2,1-2H3. The smallest absolute Gasteiger partial charge is 0.162 e. The van der Waals surface area contributed by atoms with E-state index in [-0.39, 0.29) is 5.92 Å². The van der Waals surface area contributed by atoms with Crippen molar-refractivity contribution >= 4 is 0 Å². The normalized spacial score (nSPS) is 32.6. The lowest BCUT2D eigenvalue weighted by molar-refractivity contribution is 0.112. The predicted molar refractivity (Wildman–Crippen MR) is 113 cm³/mol. The lowest BCUT2D eigenvalue weighted by Crippen LogP contribution is -2.31. The summed E-state index contributed by atoms with van der Waals surface area (Å²) in [6, 6.07) is 2.06. The minimum absolute atomic E-state index is 0.233. The second-order valence-electron chi connectivity index (χ2n) is 10.3. The Kier molecular flexibility index (Phi) is 6.43. The Morgan fingerprint density at radius 1 is 0.929 bits per heavy atom. The molecule has 0 aliphatic heterocycles. The summed E-state index contributed by atoms with van der Waals surface area (Å²) in [6.07, 6.45) is 15.6. The molecule has 0 aromatic heterocycles. The Balaban J connectivity index is 1.43.